The van der Waals surface area contributed by atoms with Crippen LogP contribution in [0.15, 0.2) is 24.4 Å². The van der Waals surface area contributed by atoms with Gasteiger partial charge in [-0.15, -0.1) is 0 Å². The topological polar surface area (TPSA) is 71.1 Å². The zero-order valence-electron chi connectivity index (χ0n) is 15.8. The minimum atomic E-state index is 0.0999. The number of aromatic amines is 1. The molecule has 144 valence electrons. The minimum Gasteiger partial charge on any atom is -0.370 e. The molecule has 2 aliphatic rings. The van der Waals surface area contributed by atoms with Crippen LogP contribution in [0.1, 0.15) is 54.7 Å². The van der Waals surface area contributed by atoms with Gasteiger partial charge in [0.1, 0.15) is 0 Å². The van der Waals surface area contributed by atoms with Crippen molar-refractivity contribution in [1.82, 2.24) is 20.1 Å². The number of nitrogens with zero attached hydrogens (tertiary/aromatic N) is 3. The average molecular weight is 368 g/mol. The lowest BCUT2D eigenvalue weighted by Crippen LogP contribution is -2.43. The average Bonchev–Trinajstić information content (AvgIpc) is 3.15. The fourth-order valence-corrected chi connectivity index (χ4v) is 4.13. The highest BCUT2D eigenvalue weighted by atomic mass is 16.5. The van der Waals surface area contributed by atoms with Crippen LogP contribution in [0.4, 0.5) is 0 Å². The van der Waals surface area contributed by atoms with Crippen LogP contribution in [0, 0.1) is 0 Å². The van der Waals surface area contributed by atoms with E-state index in [1.165, 1.54) is 24.1 Å². The molecule has 6 heteroatoms. The Kier molecular flexibility index (Phi) is 5.82. The number of aryl methyl sites for hydroxylation is 2. The van der Waals surface area contributed by atoms with Gasteiger partial charge >= 0.3 is 0 Å². The predicted molar refractivity (Wildman–Crippen MR) is 102 cm³/mol. The second kappa shape index (κ2) is 8.65. The number of piperidine rings is 1. The Morgan fingerprint density at radius 3 is 3.07 bits per heavy atom. The van der Waals surface area contributed by atoms with Crippen molar-refractivity contribution in [3.05, 3.63) is 47.0 Å². The van der Waals surface area contributed by atoms with E-state index < -0.39 is 0 Å². The van der Waals surface area contributed by atoms with Crippen molar-refractivity contribution >= 4 is 5.91 Å². The number of carbonyl (C=O) groups excluding carboxylic acids is 1. The number of H-pyrrole nitrogens is 1. The van der Waals surface area contributed by atoms with Crippen molar-refractivity contribution in [1.29, 1.82) is 0 Å². The summed E-state index contributed by atoms with van der Waals surface area (Å²) in [5.41, 5.74) is 4.68. The molecule has 1 N–H and O–H groups in total. The van der Waals surface area contributed by atoms with Crippen LogP contribution in [-0.4, -0.2) is 45.2 Å². The van der Waals surface area contributed by atoms with Crippen LogP contribution in [0.2, 0.25) is 0 Å². The van der Waals surface area contributed by atoms with Crippen LogP contribution in [-0.2, 0) is 35.4 Å². The van der Waals surface area contributed by atoms with Gasteiger partial charge in [0, 0.05) is 37.8 Å². The quantitative estimate of drug-likeness (QED) is 0.851. The number of carbonyl (C=O) groups is 1. The minimum absolute atomic E-state index is 0.0999. The smallest absolute Gasteiger partial charge is 0.223 e. The number of amides is 1. The third-order valence-electron chi connectivity index (χ3n) is 5.64. The van der Waals surface area contributed by atoms with Gasteiger partial charge in [-0.1, -0.05) is 6.07 Å². The van der Waals surface area contributed by atoms with Crippen LogP contribution >= 0.6 is 0 Å². The molecule has 1 atom stereocenters. The van der Waals surface area contributed by atoms with Crippen molar-refractivity contribution in [3.63, 3.8) is 0 Å². The Bertz CT molecular complexity index is 759. The predicted octanol–water partition coefficient (Wildman–Crippen LogP) is 2.82. The second-order valence-corrected chi connectivity index (χ2v) is 7.57. The highest BCUT2D eigenvalue weighted by molar-refractivity contribution is 5.76. The number of aromatic nitrogens is 3. The van der Waals surface area contributed by atoms with E-state index >= 15 is 0 Å². The number of hydrogen-bond donors (Lipinski definition) is 1. The Hall–Kier alpha value is -2.21. The molecule has 1 amide bonds. The summed E-state index contributed by atoms with van der Waals surface area (Å²) in [7, 11) is 0. The largest absolute Gasteiger partial charge is 0.370 e. The van der Waals surface area contributed by atoms with Gasteiger partial charge < -0.3 is 9.64 Å². The zero-order chi connectivity index (χ0) is 18.5. The van der Waals surface area contributed by atoms with Crippen molar-refractivity contribution in [2.45, 2.75) is 64.1 Å². The van der Waals surface area contributed by atoms with Crippen LogP contribution in [0.5, 0.6) is 0 Å². The van der Waals surface area contributed by atoms with Gasteiger partial charge in [-0.3, -0.25) is 14.9 Å². The first-order valence-corrected chi connectivity index (χ1v) is 10.1. The number of nitrogens with one attached hydrogen (secondary N) is 1. The number of hydrogen-bond acceptors (Lipinski definition) is 4. The van der Waals surface area contributed by atoms with Crippen molar-refractivity contribution in [3.8, 4) is 0 Å². The van der Waals surface area contributed by atoms with Gasteiger partial charge in [0.15, 0.2) is 0 Å². The lowest BCUT2D eigenvalue weighted by molar-refractivity contribution is -0.135. The molecule has 1 unspecified atom stereocenters. The Morgan fingerprint density at radius 1 is 1.26 bits per heavy atom. The summed E-state index contributed by atoms with van der Waals surface area (Å²) in [4.78, 5) is 19.0. The first kappa shape index (κ1) is 18.2. The van der Waals surface area contributed by atoms with Crippen LogP contribution in [0.3, 0.4) is 0 Å². The monoisotopic (exact) mass is 368 g/mol. The molecule has 2 aromatic heterocycles. The number of rotatable bonds is 6. The molecule has 6 nitrogen and oxygen atoms in total. The van der Waals surface area contributed by atoms with Gasteiger partial charge in [-0.2, -0.15) is 5.10 Å². The molecule has 0 aromatic carbocycles. The van der Waals surface area contributed by atoms with Gasteiger partial charge in [0.25, 0.3) is 0 Å². The third-order valence-corrected chi connectivity index (χ3v) is 5.64. The highest BCUT2D eigenvalue weighted by Gasteiger charge is 2.25. The highest BCUT2D eigenvalue weighted by Crippen LogP contribution is 2.23. The molecule has 4 rings (SSSR count). The molecular weight excluding hydrogens is 340 g/mol. The number of ether oxygens (including phenoxy) is 1. The van der Waals surface area contributed by atoms with E-state index in [9.17, 15) is 4.79 Å². The number of likely N-dealkylation sites (tertiary alicyclic amines) is 1. The summed E-state index contributed by atoms with van der Waals surface area (Å²) in [5, 5.41) is 7.63. The molecule has 1 saturated heterocycles. The maximum Gasteiger partial charge on any atom is 0.223 e. The number of fused-ring (bicyclic) bond motifs is 1. The maximum atomic E-state index is 12.7. The van der Waals surface area contributed by atoms with Gasteiger partial charge in [0.2, 0.25) is 5.91 Å². The van der Waals surface area contributed by atoms with Crippen molar-refractivity contribution < 1.29 is 9.53 Å². The molecule has 3 heterocycles. The first-order valence-electron chi connectivity index (χ1n) is 10.1. The molecule has 1 aliphatic carbocycles. The van der Waals surface area contributed by atoms with E-state index in [4.69, 9.17) is 4.74 Å². The summed E-state index contributed by atoms with van der Waals surface area (Å²) in [6, 6.07) is 5.84. The van der Waals surface area contributed by atoms with Gasteiger partial charge in [0.05, 0.1) is 24.1 Å². The molecule has 1 fully saturated rings. The molecule has 27 heavy (non-hydrogen) atoms. The third kappa shape index (κ3) is 4.56. The van der Waals surface area contributed by atoms with E-state index in [2.05, 4.69) is 15.2 Å². The Balaban J connectivity index is 1.26. The maximum absolute atomic E-state index is 12.7. The van der Waals surface area contributed by atoms with Crippen LogP contribution < -0.4 is 0 Å². The first-order chi connectivity index (χ1) is 13.3. The summed E-state index contributed by atoms with van der Waals surface area (Å²) in [5.74, 6) is 0.216. The number of pyridine rings is 1. The van der Waals surface area contributed by atoms with Crippen molar-refractivity contribution in [2.24, 2.45) is 0 Å². The van der Waals surface area contributed by atoms with Crippen LogP contribution in [0.25, 0.3) is 0 Å². The lowest BCUT2D eigenvalue weighted by atomic mass is 9.94. The zero-order valence-corrected chi connectivity index (χ0v) is 15.8. The molecule has 0 radical (unpaired) electrons. The normalized spacial score (nSPS) is 19.7. The van der Waals surface area contributed by atoms with Crippen molar-refractivity contribution in [2.75, 3.05) is 13.1 Å². The molecule has 0 saturated carbocycles. The SMILES string of the molecule is O=C(CCc1n[nH]c2c1CCCC2)N1CCCC(OCc2ccccn2)C1. The van der Waals surface area contributed by atoms with E-state index in [-0.39, 0.29) is 12.0 Å². The Labute approximate surface area is 160 Å². The van der Waals surface area contributed by atoms with Gasteiger partial charge in [-0.05, 0) is 56.2 Å². The standard InChI is InChI=1S/C21H28N4O2/c26-21(11-10-20-18-8-1-2-9-19(18)23-24-20)25-13-5-7-17(14-25)27-15-16-6-3-4-12-22-16/h3-4,6,12,17H,1-2,5,7-11,13-15H2,(H,23,24). The lowest BCUT2D eigenvalue weighted by Gasteiger charge is -2.32. The molecule has 0 bridgehead atoms. The van der Waals surface area contributed by atoms with E-state index in [1.54, 1.807) is 6.20 Å². The summed E-state index contributed by atoms with van der Waals surface area (Å²) < 4.78 is 6.00. The summed E-state index contributed by atoms with van der Waals surface area (Å²) >= 11 is 0. The summed E-state index contributed by atoms with van der Waals surface area (Å²) in [6.07, 6.45) is 9.81. The fourth-order valence-electron chi connectivity index (χ4n) is 4.13. The molecule has 1 aliphatic heterocycles. The second-order valence-electron chi connectivity index (χ2n) is 7.57. The Morgan fingerprint density at radius 2 is 2.19 bits per heavy atom. The molecular formula is C21H28N4O2. The fraction of sp³-hybridized carbons (Fsp3) is 0.571. The summed E-state index contributed by atoms with van der Waals surface area (Å²) in [6.45, 7) is 2.03. The molecule has 0 spiro atoms. The van der Waals surface area contributed by atoms with Gasteiger partial charge in [-0.25, -0.2) is 0 Å². The molecule has 2 aromatic rings. The van der Waals surface area contributed by atoms with E-state index in [0.29, 0.717) is 19.6 Å². The van der Waals surface area contributed by atoms with E-state index in [0.717, 1.165) is 50.0 Å². The van der Waals surface area contributed by atoms with E-state index in [1.807, 2.05) is 23.1 Å².